The van der Waals surface area contributed by atoms with Gasteiger partial charge in [-0.1, -0.05) is 0 Å². The summed E-state index contributed by atoms with van der Waals surface area (Å²) in [6, 6.07) is 0. The number of carbonyl (C=O) groups excluding carboxylic acids is 2. The Morgan fingerprint density at radius 3 is 2.17 bits per heavy atom. The van der Waals surface area contributed by atoms with Gasteiger partial charge in [-0.2, -0.15) is 0 Å². The third-order valence-corrected chi connectivity index (χ3v) is 7.18. The Hall–Kier alpha value is -3.15. The van der Waals surface area contributed by atoms with Gasteiger partial charge in [-0.25, -0.2) is 33.0 Å². The number of ether oxygens (including phenoxy) is 3. The fourth-order valence-corrected chi connectivity index (χ4v) is 4.47. The van der Waals surface area contributed by atoms with Gasteiger partial charge < -0.3 is 19.9 Å². The second kappa shape index (κ2) is 11.6. The lowest BCUT2D eigenvalue weighted by Gasteiger charge is -2.29. The van der Waals surface area contributed by atoms with Crippen LogP contribution in [0.2, 0.25) is 0 Å². The van der Waals surface area contributed by atoms with Crippen molar-refractivity contribution in [3.8, 4) is 12.3 Å². The lowest BCUT2D eigenvalue weighted by molar-refractivity contribution is -0.215. The Kier molecular flexibility index (Phi) is 9.17. The van der Waals surface area contributed by atoms with Gasteiger partial charge in [-0.3, -0.25) is 18.7 Å². The lowest BCUT2D eigenvalue weighted by Crippen LogP contribution is -2.36. The zero-order valence-electron chi connectivity index (χ0n) is 24.1. The van der Waals surface area contributed by atoms with E-state index in [0.717, 1.165) is 0 Å². The highest BCUT2D eigenvalue weighted by molar-refractivity contribution is 7.48. The van der Waals surface area contributed by atoms with Crippen LogP contribution in [0.1, 0.15) is 67.1 Å². The molecule has 2 atom stereocenters. The molecule has 226 valence electrons. The number of imidazole rings is 1. The SMILES string of the molecule is C#Cc1nc(N)c2ncn([C@@]3(C)CC[C@@](F)(COP(=O)(OCOC(=O)C(C)(C)C)OCOC(=O)C(C)(C)C)O3)c2n1. The van der Waals surface area contributed by atoms with Crippen molar-refractivity contribution in [2.45, 2.75) is 72.9 Å². The molecular weight excluding hydrogens is 564 g/mol. The van der Waals surface area contributed by atoms with Crippen LogP contribution in [0.15, 0.2) is 6.33 Å². The van der Waals surface area contributed by atoms with Crippen LogP contribution in [0.25, 0.3) is 11.2 Å². The number of phosphoric ester groups is 1. The second-order valence-corrected chi connectivity index (χ2v) is 13.3. The number of halogens is 1. The first-order valence-electron chi connectivity index (χ1n) is 12.6. The summed E-state index contributed by atoms with van der Waals surface area (Å²) >= 11 is 0. The van der Waals surface area contributed by atoms with Crippen LogP contribution in [0.4, 0.5) is 10.2 Å². The average Bonchev–Trinajstić information content (AvgIpc) is 3.44. The van der Waals surface area contributed by atoms with Crippen molar-refractivity contribution in [1.82, 2.24) is 19.5 Å². The van der Waals surface area contributed by atoms with Crippen molar-refractivity contribution in [2.75, 3.05) is 25.9 Å². The van der Waals surface area contributed by atoms with Gasteiger partial charge >= 0.3 is 19.8 Å². The van der Waals surface area contributed by atoms with E-state index in [1.165, 1.54) is 10.9 Å². The van der Waals surface area contributed by atoms with Gasteiger partial charge in [0.05, 0.1) is 17.2 Å². The molecule has 14 nitrogen and oxygen atoms in total. The smallest absolute Gasteiger partial charge is 0.437 e. The highest BCUT2D eigenvalue weighted by atomic mass is 31.2. The van der Waals surface area contributed by atoms with Crippen LogP contribution in [-0.2, 0) is 47.7 Å². The van der Waals surface area contributed by atoms with E-state index >= 15 is 4.39 Å². The summed E-state index contributed by atoms with van der Waals surface area (Å²) in [5.74, 6) is -1.44. The minimum absolute atomic E-state index is 0.0164. The molecule has 0 unspecified atom stereocenters. The summed E-state index contributed by atoms with van der Waals surface area (Å²) in [5.41, 5.74) is 3.33. The minimum atomic E-state index is -4.64. The highest BCUT2D eigenvalue weighted by Crippen LogP contribution is 2.52. The molecular formula is C25H35FN5O9P. The maximum atomic E-state index is 15.9. The van der Waals surface area contributed by atoms with Crippen molar-refractivity contribution in [1.29, 1.82) is 0 Å². The van der Waals surface area contributed by atoms with Gasteiger partial charge in [-0.05, 0) is 54.4 Å². The summed E-state index contributed by atoms with van der Waals surface area (Å²) in [5, 5.41) is 0. The summed E-state index contributed by atoms with van der Waals surface area (Å²) in [6.45, 7) is 8.62. The molecule has 2 aromatic heterocycles. The number of esters is 2. The predicted molar refractivity (Wildman–Crippen MR) is 142 cm³/mol. The zero-order chi connectivity index (χ0) is 30.9. The maximum absolute atomic E-state index is 15.9. The van der Waals surface area contributed by atoms with Gasteiger partial charge in [0, 0.05) is 12.8 Å². The first-order chi connectivity index (χ1) is 18.8. The number of phosphoric acid groups is 1. The molecule has 0 radical (unpaired) electrons. The molecule has 1 fully saturated rings. The second-order valence-electron chi connectivity index (χ2n) is 11.6. The number of hydrogen-bond donors (Lipinski definition) is 1. The minimum Gasteiger partial charge on any atom is -0.437 e. The molecule has 0 saturated carbocycles. The van der Waals surface area contributed by atoms with Gasteiger partial charge in [0.2, 0.25) is 25.3 Å². The standard InChI is InChI=1S/C25H35FN5O9P/c1-9-16-29-18(27)17-19(30-16)31(13-28-17)24(8)10-11-25(26,40-24)12-37-41(34,38-14-35-20(32)22(2,3)4)39-15-36-21(33)23(5,6)7/h1,13H,10-12,14-15H2,2-8H3,(H2,27,29,30)/t24-,25+/m1/s1. The molecule has 2 N–H and O–H groups in total. The molecule has 0 aliphatic carbocycles. The number of nitrogens with zero attached hydrogens (tertiary/aromatic N) is 4. The number of rotatable bonds is 10. The molecule has 41 heavy (non-hydrogen) atoms. The third-order valence-electron chi connectivity index (χ3n) is 5.89. The van der Waals surface area contributed by atoms with E-state index in [0.29, 0.717) is 0 Å². The Bertz CT molecular complexity index is 1360. The van der Waals surface area contributed by atoms with E-state index in [4.69, 9.17) is 39.9 Å². The number of alkyl halides is 1. The van der Waals surface area contributed by atoms with E-state index in [-0.39, 0.29) is 35.6 Å². The molecule has 3 rings (SSSR count). The van der Waals surface area contributed by atoms with Gasteiger partial charge in [0.15, 0.2) is 11.5 Å². The largest absolute Gasteiger partial charge is 0.480 e. The molecule has 0 aromatic carbocycles. The van der Waals surface area contributed by atoms with E-state index in [1.54, 1.807) is 48.5 Å². The normalized spacial score (nSPS) is 21.5. The summed E-state index contributed by atoms with van der Waals surface area (Å²) in [4.78, 5) is 36.5. The van der Waals surface area contributed by atoms with Crippen molar-refractivity contribution >= 4 is 36.7 Å². The van der Waals surface area contributed by atoms with Gasteiger partial charge in [-0.15, -0.1) is 6.42 Å². The topological polar surface area (TPSA) is 176 Å². The zero-order valence-corrected chi connectivity index (χ0v) is 25.0. The fourth-order valence-electron chi connectivity index (χ4n) is 3.53. The van der Waals surface area contributed by atoms with Crippen molar-refractivity contribution < 1.29 is 46.3 Å². The molecule has 1 aliphatic heterocycles. The number of terminal acetylenes is 1. The number of carbonyl (C=O) groups is 2. The number of nitrogens with two attached hydrogens (primary N) is 1. The molecule has 0 amide bonds. The Morgan fingerprint density at radius 1 is 1.10 bits per heavy atom. The highest BCUT2D eigenvalue weighted by Gasteiger charge is 2.51. The van der Waals surface area contributed by atoms with Crippen LogP contribution in [0.5, 0.6) is 0 Å². The van der Waals surface area contributed by atoms with E-state index in [1.807, 2.05) is 0 Å². The maximum Gasteiger partial charge on any atom is 0.480 e. The molecule has 0 bridgehead atoms. The molecule has 3 heterocycles. The predicted octanol–water partition coefficient (Wildman–Crippen LogP) is 3.79. The van der Waals surface area contributed by atoms with Crippen LogP contribution < -0.4 is 5.73 Å². The monoisotopic (exact) mass is 599 g/mol. The fraction of sp³-hybridized carbons (Fsp3) is 0.640. The quantitative estimate of drug-likeness (QED) is 0.181. The van der Waals surface area contributed by atoms with Gasteiger partial charge in [0.25, 0.3) is 0 Å². The lowest BCUT2D eigenvalue weighted by atomic mass is 9.98. The van der Waals surface area contributed by atoms with Crippen LogP contribution >= 0.6 is 7.82 Å². The van der Waals surface area contributed by atoms with E-state index in [2.05, 4.69) is 20.9 Å². The Balaban J connectivity index is 1.74. The summed E-state index contributed by atoms with van der Waals surface area (Å²) in [6.07, 6.45) is 6.69. The number of aromatic nitrogens is 4. The van der Waals surface area contributed by atoms with Crippen molar-refractivity contribution in [2.24, 2.45) is 10.8 Å². The number of fused-ring (bicyclic) bond motifs is 1. The number of hydrogen-bond acceptors (Lipinski definition) is 13. The Morgan fingerprint density at radius 2 is 1.66 bits per heavy atom. The van der Waals surface area contributed by atoms with Crippen LogP contribution in [0.3, 0.4) is 0 Å². The number of anilines is 1. The molecule has 2 aromatic rings. The van der Waals surface area contributed by atoms with Crippen LogP contribution in [-0.4, -0.2) is 57.5 Å². The van der Waals surface area contributed by atoms with Crippen molar-refractivity contribution in [3.05, 3.63) is 12.2 Å². The molecule has 0 spiro atoms. The first-order valence-corrected chi connectivity index (χ1v) is 14.0. The number of nitrogen functional groups attached to an aromatic ring is 1. The Labute approximate surface area is 237 Å². The van der Waals surface area contributed by atoms with Crippen LogP contribution in [0, 0.1) is 23.2 Å². The average molecular weight is 600 g/mol. The summed E-state index contributed by atoms with van der Waals surface area (Å²) < 4.78 is 61.7. The van der Waals surface area contributed by atoms with E-state index in [9.17, 15) is 14.2 Å². The molecule has 1 saturated heterocycles. The molecule has 1 aliphatic rings. The first kappa shape index (κ1) is 32.4. The molecule has 16 heteroatoms. The van der Waals surface area contributed by atoms with Crippen molar-refractivity contribution in [3.63, 3.8) is 0 Å². The van der Waals surface area contributed by atoms with Gasteiger partial charge in [0.1, 0.15) is 17.8 Å². The third kappa shape index (κ3) is 7.78. The van der Waals surface area contributed by atoms with E-state index < -0.39 is 62.4 Å². The summed E-state index contributed by atoms with van der Waals surface area (Å²) in [7, 11) is -4.64.